The lowest BCUT2D eigenvalue weighted by atomic mass is 11.1. The molecule has 2 nitrogen and oxygen atoms in total. The van der Waals surface area contributed by atoms with Crippen LogP contribution >= 0.6 is 0 Å². The summed E-state index contributed by atoms with van der Waals surface area (Å²) < 4.78 is 15.5. The molecule has 0 spiro atoms. The maximum Gasteiger partial charge on any atom is 0.229 e. The molecule has 0 radical (unpaired) electrons. The van der Waals surface area contributed by atoms with Crippen LogP contribution in [0.5, 0.6) is 0 Å². The third-order valence-electron chi connectivity index (χ3n) is 0.324. The van der Waals surface area contributed by atoms with Crippen LogP contribution in [-0.2, 0) is 9.47 Å². The molecule has 5 heavy (non-hydrogen) atoms. The van der Waals surface area contributed by atoms with Crippen LogP contribution in [0.15, 0.2) is 12.5 Å². The third kappa shape index (κ3) is 0.318. The minimum absolute atomic E-state index is 0.815. The number of hydrogen-bond acceptors (Lipinski definition) is 2. The van der Waals surface area contributed by atoms with Gasteiger partial charge in [-0.2, -0.15) is 0 Å². The molecular weight excluding hydrogens is 68.0 g/mol. The van der Waals surface area contributed by atoms with Gasteiger partial charge in [-0.15, -0.1) is 0 Å². The predicted molar refractivity (Wildman–Crippen MR) is 16.2 cm³/mol. The Morgan fingerprint density at radius 1 is 1.60 bits per heavy atom. The molecule has 1 heterocycles. The van der Waals surface area contributed by atoms with E-state index in [9.17, 15) is 0 Å². The molecule has 1 rings (SSSR count). The lowest BCUT2D eigenvalue weighted by Crippen LogP contribution is -1.75. The fraction of sp³-hybridized carbons (Fsp3) is 0.333. The Kier molecular flexibility index (Phi) is 0.330. The second kappa shape index (κ2) is 0.971. The second-order valence-corrected chi connectivity index (χ2v) is 0.641. The first-order valence-electron chi connectivity index (χ1n) is 1.85. The fourth-order valence-corrected chi connectivity index (χ4v) is 0.160. The Morgan fingerprint density at radius 2 is 2.20 bits per heavy atom. The molecule has 0 bridgehead atoms. The second-order valence-electron chi connectivity index (χ2n) is 0.641. The van der Waals surface area contributed by atoms with Gasteiger partial charge in [-0.1, -0.05) is 0 Å². The lowest BCUT2D eigenvalue weighted by Gasteiger charge is -1.82. The molecule has 28 valence electrons. The zero-order valence-electron chi connectivity index (χ0n) is 3.55. The molecule has 1 aliphatic rings. The average molecular weight is 73.1 g/mol. The molecule has 0 fully saturated rings. The van der Waals surface area contributed by atoms with Crippen molar-refractivity contribution in [1.82, 2.24) is 0 Å². The summed E-state index contributed by atoms with van der Waals surface area (Å²) in [5.41, 5.74) is 0. The molecule has 1 aliphatic heterocycles. The summed E-state index contributed by atoms with van der Waals surface area (Å²) in [7, 11) is 0. The molecule has 0 aliphatic carbocycles. The smallest absolute Gasteiger partial charge is 0.229 e. The van der Waals surface area contributed by atoms with Crippen molar-refractivity contribution in [2.45, 2.75) is 0 Å². The number of ether oxygens (including phenoxy) is 2. The van der Waals surface area contributed by atoms with Gasteiger partial charge in [0.05, 0.1) is 0 Å². The highest BCUT2D eigenvalue weighted by Crippen LogP contribution is 1.88. The molecule has 0 aromatic carbocycles. The Balaban J connectivity index is 2.32. The van der Waals surface area contributed by atoms with Crippen molar-refractivity contribution in [1.29, 1.82) is 0 Å². The minimum Gasteiger partial charge on any atom is -0.462 e. The van der Waals surface area contributed by atoms with Crippen LogP contribution in [0.1, 0.15) is 1.37 Å². The Labute approximate surface area is 31.4 Å². The van der Waals surface area contributed by atoms with E-state index < -0.39 is 6.77 Å². The monoisotopic (exact) mass is 73.0 g/mol. The molecule has 0 aromatic heterocycles. The number of hydrogen-bond donors (Lipinski definition) is 0. The predicted octanol–water partition coefficient (Wildman–Crippen LogP) is 0.462. The molecule has 2 heteroatoms. The van der Waals surface area contributed by atoms with E-state index in [2.05, 4.69) is 9.47 Å². The summed E-state index contributed by atoms with van der Waals surface area (Å²) in [5, 5.41) is 0. The highest BCUT2D eigenvalue weighted by Gasteiger charge is 1.82. The van der Waals surface area contributed by atoms with Gasteiger partial charge < -0.3 is 9.47 Å². The first-order valence-corrected chi connectivity index (χ1v) is 1.28. The first kappa shape index (κ1) is 1.70. The zero-order valence-corrected chi connectivity index (χ0v) is 2.55. The van der Waals surface area contributed by atoms with Crippen molar-refractivity contribution in [3.05, 3.63) is 12.5 Å². The Hall–Kier alpha value is -0.660. The van der Waals surface area contributed by atoms with Crippen LogP contribution in [0.25, 0.3) is 0 Å². The van der Waals surface area contributed by atoms with Crippen molar-refractivity contribution < 1.29 is 10.8 Å². The van der Waals surface area contributed by atoms with E-state index in [1.807, 2.05) is 0 Å². The van der Waals surface area contributed by atoms with Gasteiger partial charge in [0.1, 0.15) is 13.9 Å². The van der Waals surface area contributed by atoms with Gasteiger partial charge in [-0.05, 0) is 0 Å². The van der Waals surface area contributed by atoms with E-state index in [4.69, 9.17) is 1.37 Å². The standard InChI is InChI=1S/C3H4O2/c1-2-5-3-4-1/h1-2H,3H2/i3D. The summed E-state index contributed by atoms with van der Waals surface area (Å²) in [5.74, 6) is 0. The van der Waals surface area contributed by atoms with Gasteiger partial charge >= 0.3 is 0 Å². The van der Waals surface area contributed by atoms with Crippen LogP contribution in [0, 0.1) is 0 Å². The highest BCUT2D eigenvalue weighted by molar-refractivity contribution is 4.63. The lowest BCUT2D eigenvalue weighted by molar-refractivity contribution is 0.0920. The van der Waals surface area contributed by atoms with Gasteiger partial charge in [0.15, 0.2) is 0 Å². The zero-order chi connectivity index (χ0) is 4.41. The van der Waals surface area contributed by atoms with E-state index in [-0.39, 0.29) is 0 Å². The quantitative estimate of drug-likeness (QED) is 0.414. The highest BCUT2D eigenvalue weighted by atomic mass is 16.7. The normalized spacial score (nSPS) is 24.4. The van der Waals surface area contributed by atoms with Gasteiger partial charge in [-0.25, -0.2) is 0 Å². The van der Waals surface area contributed by atoms with E-state index in [1.54, 1.807) is 0 Å². The molecular formula is C3H4O2. The molecule has 0 atom stereocenters. The van der Waals surface area contributed by atoms with Crippen molar-refractivity contribution in [2.75, 3.05) is 6.77 Å². The summed E-state index contributed by atoms with van der Waals surface area (Å²) in [6.07, 6.45) is 2.69. The van der Waals surface area contributed by atoms with Crippen molar-refractivity contribution in [3.63, 3.8) is 0 Å². The van der Waals surface area contributed by atoms with Crippen LogP contribution in [-0.4, -0.2) is 6.77 Å². The fourth-order valence-electron chi connectivity index (χ4n) is 0.160. The molecule has 0 saturated heterocycles. The largest absolute Gasteiger partial charge is 0.462 e. The summed E-state index contributed by atoms with van der Waals surface area (Å²) >= 11 is 0. The van der Waals surface area contributed by atoms with Crippen LogP contribution in [0.4, 0.5) is 0 Å². The minimum atomic E-state index is -0.815. The maximum atomic E-state index is 6.62. The Morgan fingerprint density at radius 3 is 2.40 bits per heavy atom. The van der Waals surface area contributed by atoms with Crippen LogP contribution < -0.4 is 0 Å². The first-order chi connectivity index (χ1) is 2.89. The van der Waals surface area contributed by atoms with Crippen molar-refractivity contribution in [2.24, 2.45) is 0 Å². The molecule has 0 amide bonds. The number of rotatable bonds is 0. The molecule has 0 saturated carbocycles. The summed E-state index contributed by atoms with van der Waals surface area (Å²) in [6, 6.07) is 0. The van der Waals surface area contributed by atoms with Gasteiger partial charge in [-0.3, -0.25) is 0 Å². The molecule has 0 unspecified atom stereocenters. The van der Waals surface area contributed by atoms with Gasteiger partial charge in [0.25, 0.3) is 0 Å². The summed E-state index contributed by atoms with van der Waals surface area (Å²) in [6.45, 7) is -0.815. The average Bonchev–Trinajstić information content (AvgIpc) is 1.86. The van der Waals surface area contributed by atoms with E-state index in [0.29, 0.717) is 0 Å². The summed E-state index contributed by atoms with van der Waals surface area (Å²) in [4.78, 5) is 0. The topological polar surface area (TPSA) is 18.5 Å². The van der Waals surface area contributed by atoms with E-state index >= 15 is 0 Å². The third-order valence-corrected chi connectivity index (χ3v) is 0.324. The van der Waals surface area contributed by atoms with Crippen molar-refractivity contribution in [3.8, 4) is 0 Å². The molecule has 0 N–H and O–H groups in total. The Bertz CT molecular complexity index is 63.2. The maximum absolute atomic E-state index is 6.62. The van der Waals surface area contributed by atoms with Gasteiger partial charge in [0.2, 0.25) is 6.77 Å². The van der Waals surface area contributed by atoms with E-state index in [0.717, 1.165) is 0 Å². The van der Waals surface area contributed by atoms with Crippen LogP contribution in [0.2, 0.25) is 0 Å². The van der Waals surface area contributed by atoms with E-state index in [1.165, 1.54) is 12.5 Å². The molecule has 0 aromatic rings. The van der Waals surface area contributed by atoms with Gasteiger partial charge in [0, 0.05) is 0 Å². The van der Waals surface area contributed by atoms with Crippen LogP contribution in [0.3, 0.4) is 0 Å². The SMILES string of the molecule is [2H]C1OC=CO1. The van der Waals surface area contributed by atoms with Crippen molar-refractivity contribution >= 4 is 0 Å².